The standard InChI is InChI=1S/C29H30N2O2/c1-19(2)33-18-8-17-31-28(22-9-4-5-10-23(22)29(31)32)26-24-11-6-7-12-25(24)30-27(26)21-15-13-20(3)14-16-21/h4-7,9-16,19,28,30H,8,17-18H2,1-3H3/t28-/m1/s1. The first-order valence-electron chi connectivity index (χ1n) is 11.7. The zero-order chi connectivity index (χ0) is 22.9. The molecule has 2 heterocycles. The number of hydrogen-bond acceptors (Lipinski definition) is 2. The quantitative estimate of drug-likeness (QED) is 0.335. The highest BCUT2D eigenvalue weighted by Gasteiger charge is 2.39. The summed E-state index contributed by atoms with van der Waals surface area (Å²) in [6, 6.07) is 24.9. The SMILES string of the molecule is Cc1ccc(-c2[nH]c3ccccc3c2[C@H]2c3ccccc3C(=O)N2CCCOC(C)C)cc1. The van der Waals surface area contributed by atoms with Crippen molar-refractivity contribution in [2.75, 3.05) is 13.2 Å². The molecule has 0 radical (unpaired) electrons. The third-order valence-corrected chi connectivity index (χ3v) is 6.41. The van der Waals surface area contributed by atoms with Gasteiger partial charge in [-0.05, 0) is 50.5 Å². The second kappa shape index (κ2) is 8.87. The number of para-hydroxylation sites is 1. The Kier molecular flexibility index (Phi) is 5.77. The largest absolute Gasteiger partial charge is 0.379 e. The van der Waals surface area contributed by atoms with Crippen LogP contribution in [0, 0.1) is 6.92 Å². The molecule has 5 rings (SSSR count). The molecular weight excluding hydrogens is 408 g/mol. The van der Waals surface area contributed by atoms with Crippen LogP contribution in [0.3, 0.4) is 0 Å². The van der Waals surface area contributed by atoms with Crippen molar-refractivity contribution in [1.29, 1.82) is 0 Å². The number of aromatic amines is 1. The van der Waals surface area contributed by atoms with Crippen LogP contribution in [0.4, 0.5) is 0 Å². The topological polar surface area (TPSA) is 45.3 Å². The van der Waals surface area contributed by atoms with E-state index in [1.165, 1.54) is 5.56 Å². The van der Waals surface area contributed by atoms with Crippen LogP contribution >= 0.6 is 0 Å². The van der Waals surface area contributed by atoms with Crippen LogP contribution in [0.2, 0.25) is 0 Å². The molecule has 0 bridgehead atoms. The van der Waals surface area contributed by atoms with Gasteiger partial charge < -0.3 is 14.6 Å². The first-order chi connectivity index (χ1) is 16.0. The lowest BCUT2D eigenvalue weighted by Crippen LogP contribution is -2.30. The second-order valence-corrected chi connectivity index (χ2v) is 9.09. The van der Waals surface area contributed by atoms with Crippen molar-refractivity contribution in [3.63, 3.8) is 0 Å². The molecule has 0 unspecified atom stereocenters. The highest BCUT2D eigenvalue weighted by Crippen LogP contribution is 2.45. The molecule has 1 aromatic heterocycles. The number of benzene rings is 3. The lowest BCUT2D eigenvalue weighted by molar-refractivity contribution is 0.0605. The summed E-state index contributed by atoms with van der Waals surface area (Å²) in [5.41, 5.74) is 7.56. The molecule has 1 aliphatic heterocycles. The van der Waals surface area contributed by atoms with Gasteiger partial charge in [-0.2, -0.15) is 0 Å². The number of rotatable bonds is 7. The van der Waals surface area contributed by atoms with Gasteiger partial charge in [0.25, 0.3) is 5.91 Å². The summed E-state index contributed by atoms with van der Waals surface area (Å²) in [5, 5.41) is 1.16. The van der Waals surface area contributed by atoms with Crippen LogP contribution in [-0.4, -0.2) is 35.0 Å². The lowest BCUT2D eigenvalue weighted by Gasteiger charge is -2.27. The molecule has 168 valence electrons. The summed E-state index contributed by atoms with van der Waals surface area (Å²) in [6.07, 6.45) is 0.991. The van der Waals surface area contributed by atoms with E-state index in [0.29, 0.717) is 13.2 Å². The van der Waals surface area contributed by atoms with Crippen LogP contribution in [0.1, 0.15) is 53.4 Å². The summed E-state index contributed by atoms with van der Waals surface area (Å²) in [4.78, 5) is 19.2. The van der Waals surface area contributed by atoms with Crippen molar-refractivity contribution in [3.05, 3.63) is 95.1 Å². The predicted octanol–water partition coefficient (Wildman–Crippen LogP) is 6.50. The zero-order valence-electron chi connectivity index (χ0n) is 19.5. The number of nitrogens with one attached hydrogen (secondary N) is 1. The van der Waals surface area contributed by atoms with E-state index in [-0.39, 0.29) is 18.1 Å². The summed E-state index contributed by atoms with van der Waals surface area (Å²) in [5.74, 6) is 0.0975. The first kappa shape index (κ1) is 21.5. The molecule has 33 heavy (non-hydrogen) atoms. The minimum absolute atomic E-state index is 0.0975. The maximum Gasteiger partial charge on any atom is 0.255 e. The van der Waals surface area contributed by atoms with Crippen molar-refractivity contribution in [3.8, 4) is 11.3 Å². The van der Waals surface area contributed by atoms with Crippen molar-refractivity contribution >= 4 is 16.8 Å². The summed E-state index contributed by atoms with van der Waals surface area (Å²) >= 11 is 0. The minimum Gasteiger partial charge on any atom is -0.379 e. The maximum absolute atomic E-state index is 13.5. The van der Waals surface area contributed by atoms with Gasteiger partial charge in [-0.1, -0.05) is 66.2 Å². The summed E-state index contributed by atoms with van der Waals surface area (Å²) in [6.45, 7) is 7.47. The fourth-order valence-electron chi connectivity index (χ4n) is 4.86. The Morgan fingerprint density at radius 2 is 1.70 bits per heavy atom. The van der Waals surface area contributed by atoms with Gasteiger partial charge in [0.1, 0.15) is 0 Å². The number of nitrogens with zero attached hydrogens (tertiary/aromatic N) is 1. The van der Waals surface area contributed by atoms with Crippen molar-refractivity contribution in [2.45, 2.75) is 39.3 Å². The molecule has 0 saturated carbocycles. The molecule has 1 amide bonds. The normalized spacial score (nSPS) is 15.6. The summed E-state index contributed by atoms with van der Waals surface area (Å²) in [7, 11) is 0. The molecule has 4 nitrogen and oxygen atoms in total. The van der Waals surface area contributed by atoms with Crippen LogP contribution in [-0.2, 0) is 4.74 Å². The van der Waals surface area contributed by atoms with E-state index in [1.54, 1.807) is 0 Å². The highest BCUT2D eigenvalue weighted by molar-refractivity contribution is 6.02. The van der Waals surface area contributed by atoms with Gasteiger partial charge in [-0.15, -0.1) is 0 Å². The molecule has 0 spiro atoms. The van der Waals surface area contributed by atoms with Crippen molar-refractivity contribution in [1.82, 2.24) is 9.88 Å². The van der Waals surface area contributed by atoms with Gasteiger partial charge in [0.2, 0.25) is 0 Å². The number of carbonyl (C=O) groups excluding carboxylic acids is 1. The maximum atomic E-state index is 13.5. The molecule has 0 fully saturated rings. The van der Waals surface area contributed by atoms with Gasteiger partial charge in [0.05, 0.1) is 17.8 Å². The lowest BCUT2D eigenvalue weighted by atomic mass is 9.93. The predicted molar refractivity (Wildman–Crippen MR) is 133 cm³/mol. The molecule has 4 heteroatoms. The van der Waals surface area contributed by atoms with E-state index in [4.69, 9.17) is 4.74 Å². The van der Waals surface area contributed by atoms with E-state index in [1.807, 2.05) is 36.9 Å². The van der Waals surface area contributed by atoms with Crippen LogP contribution in [0.25, 0.3) is 22.2 Å². The monoisotopic (exact) mass is 438 g/mol. The fraction of sp³-hybridized carbons (Fsp3) is 0.276. The number of hydrogen-bond donors (Lipinski definition) is 1. The number of carbonyl (C=O) groups is 1. The highest BCUT2D eigenvalue weighted by atomic mass is 16.5. The number of H-pyrrole nitrogens is 1. The van der Waals surface area contributed by atoms with E-state index in [9.17, 15) is 4.79 Å². The van der Waals surface area contributed by atoms with E-state index in [0.717, 1.165) is 45.3 Å². The van der Waals surface area contributed by atoms with E-state index < -0.39 is 0 Å². The molecule has 0 saturated heterocycles. The number of ether oxygens (including phenoxy) is 1. The van der Waals surface area contributed by atoms with Gasteiger partial charge in [0.15, 0.2) is 0 Å². The van der Waals surface area contributed by atoms with E-state index in [2.05, 4.69) is 66.5 Å². The van der Waals surface area contributed by atoms with Crippen LogP contribution in [0.5, 0.6) is 0 Å². The first-order valence-corrected chi connectivity index (χ1v) is 11.7. The van der Waals surface area contributed by atoms with Crippen molar-refractivity contribution < 1.29 is 9.53 Å². The fourth-order valence-corrected chi connectivity index (χ4v) is 4.86. The molecule has 1 atom stereocenters. The van der Waals surface area contributed by atoms with Gasteiger partial charge in [-0.3, -0.25) is 4.79 Å². The number of fused-ring (bicyclic) bond motifs is 2. The third kappa shape index (κ3) is 3.96. The van der Waals surface area contributed by atoms with Gasteiger partial charge in [-0.25, -0.2) is 0 Å². The molecule has 4 aromatic rings. The summed E-state index contributed by atoms with van der Waals surface area (Å²) < 4.78 is 5.77. The Hall–Kier alpha value is -3.37. The van der Waals surface area contributed by atoms with Gasteiger partial charge >= 0.3 is 0 Å². The Labute approximate surface area is 195 Å². The molecular formula is C29H30N2O2. The number of amides is 1. The van der Waals surface area contributed by atoms with Crippen LogP contribution < -0.4 is 0 Å². The average molecular weight is 439 g/mol. The zero-order valence-corrected chi connectivity index (χ0v) is 19.5. The Morgan fingerprint density at radius 3 is 2.48 bits per heavy atom. The average Bonchev–Trinajstić information content (AvgIpc) is 3.32. The molecule has 3 aromatic carbocycles. The van der Waals surface area contributed by atoms with Crippen molar-refractivity contribution in [2.24, 2.45) is 0 Å². The molecule has 1 N–H and O–H groups in total. The molecule has 1 aliphatic rings. The Morgan fingerprint density at radius 1 is 0.970 bits per heavy atom. The van der Waals surface area contributed by atoms with Gasteiger partial charge in [0, 0.05) is 35.2 Å². The third-order valence-electron chi connectivity index (χ3n) is 6.41. The Bertz CT molecular complexity index is 1290. The minimum atomic E-state index is -0.139. The molecule has 0 aliphatic carbocycles. The number of aryl methyl sites for hydroxylation is 1. The smallest absolute Gasteiger partial charge is 0.255 e. The number of aromatic nitrogens is 1. The van der Waals surface area contributed by atoms with E-state index >= 15 is 0 Å². The Balaban J connectivity index is 1.65. The van der Waals surface area contributed by atoms with Crippen LogP contribution in [0.15, 0.2) is 72.8 Å². The second-order valence-electron chi connectivity index (χ2n) is 9.09.